The van der Waals surface area contributed by atoms with Gasteiger partial charge in [0.2, 0.25) is 10.0 Å². The van der Waals surface area contributed by atoms with Gasteiger partial charge in [-0.3, -0.25) is 0 Å². The highest BCUT2D eigenvalue weighted by Gasteiger charge is 2.31. The predicted octanol–water partition coefficient (Wildman–Crippen LogP) is 1.03. The number of aliphatic hydroxyl groups is 1. The lowest BCUT2D eigenvalue weighted by Gasteiger charge is -2.23. The molecule has 0 radical (unpaired) electrons. The van der Waals surface area contributed by atoms with E-state index in [1.165, 1.54) is 12.1 Å². The van der Waals surface area contributed by atoms with Crippen LogP contribution in [-0.2, 0) is 21.4 Å². The molecule has 19 heavy (non-hydrogen) atoms. The van der Waals surface area contributed by atoms with E-state index in [-0.39, 0.29) is 18.0 Å². The molecule has 0 saturated carbocycles. The van der Waals surface area contributed by atoms with Gasteiger partial charge in [0.25, 0.3) is 0 Å². The Balaban J connectivity index is 2.05. The summed E-state index contributed by atoms with van der Waals surface area (Å²) < 4.78 is 32.3. The normalized spacial score (nSPS) is 23.7. The molecule has 1 unspecified atom stereocenters. The molecule has 0 bridgehead atoms. The molecule has 0 aromatic heterocycles. The van der Waals surface area contributed by atoms with Gasteiger partial charge in [-0.2, -0.15) is 0 Å². The first-order chi connectivity index (χ1) is 8.95. The van der Waals surface area contributed by atoms with E-state index >= 15 is 0 Å². The van der Waals surface area contributed by atoms with Gasteiger partial charge >= 0.3 is 0 Å². The number of sulfonamides is 1. The summed E-state index contributed by atoms with van der Waals surface area (Å²) in [5.41, 5.74) is 0.281. The molecule has 2 rings (SSSR count). The van der Waals surface area contributed by atoms with Crippen LogP contribution in [0.2, 0.25) is 0 Å². The molecule has 1 aliphatic rings. The molecule has 106 valence electrons. The fourth-order valence-electron chi connectivity index (χ4n) is 2.08. The van der Waals surface area contributed by atoms with Crippen LogP contribution in [0.15, 0.2) is 29.2 Å². The minimum atomic E-state index is -3.52. The second-order valence-corrected chi connectivity index (χ2v) is 6.80. The van der Waals surface area contributed by atoms with Gasteiger partial charge in [-0.1, -0.05) is 12.1 Å². The number of hydrogen-bond acceptors (Lipinski definition) is 4. The van der Waals surface area contributed by atoms with Crippen LogP contribution in [0.1, 0.15) is 25.3 Å². The Morgan fingerprint density at radius 1 is 1.37 bits per heavy atom. The smallest absolute Gasteiger partial charge is 0.240 e. The Labute approximate surface area is 113 Å². The van der Waals surface area contributed by atoms with Gasteiger partial charge in [0.1, 0.15) is 0 Å². The van der Waals surface area contributed by atoms with Gasteiger partial charge in [0, 0.05) is 13.2 Å². The standard InChI is InChI=1S/C13H19NO4S/c1-13(7-2-8-18-13)10-14-19(16,17)12-5-3-11(9-15)4-6-12/h3-6,14-15H,2,7-10H2,1H3. The summed E-state index contributed by atoms with van der Waals surface area (Å²) in [6, 6.07) is 6.18. The van der Waals surface area contributed by atoms with Crippen molar-refractivity contribution < 1.29 is 18.3 Å². The molecule has 1 heterocycles. The van der Waals surface area contributed by atoms with Gasteiger partial charge in [0.05, 0.1) is 17.1 Å². The summed E-state index contributed by atoms with van der Waals surface area (Å²) >= 11 is 0. The lowest BCUT2D eigenvalue weighted by Crippen LogP contribution is -2.40. The topological polar surface area (TPSA) is 75.6 Å². The monoisotopic (exact) mass is 285 g/mol. The molecular formula is C13H19NO4S. The fourth-order valence-corrected chi connectivity index (χ4v) is 3.24. The van der Waals surface area contributed by atoms with Crippen molar-refractivity contribution >= 4 is 10.0 Å². The van der Waals surface area contributed by atoms with E-state index < -0.39 is 15.6 Å². The molecule has 2 N–H and O–H groups in total. The van der Waals surface area contributed by atoms with Crippen LogP contribution >= 0.6 is 0 Å². The molecule has 6 heteroatoms. The Hall–Kier alpha value is -0.950. The Kier molecular flexibility index (Phi) is 4.25. The molecule has 1 fully saturated rings. The Bertz CT molecular complexity index is 518. The molecule has 1 aliphatic heterocycles. The first-order valence-electron chi connectivity index (χ1n) is 6.29. The third kappa shape index (κ3) is 3.54. The fraction of sp³-hybridized carbons (Fsp3) is 0.538. The minimum absolute atomic E-state index is 0.0976. The lowest BCUT2D eigenvalue weighted by molar-refractivity contribution is 0.0250. The largest absolute Gasteiger partial charge is 0.392 e. The van der Waals surface area contributed by atoms with Crippen molar-refractivity contribution in [3.05, 3.63) is 29.8 Å². The van der Waals surface area contributed by atoms with E-state index in [2.05, 4.69) is 4.72 Å². The van der Waals surface area contributed by atoms with Gasteiger partial charge in [-0.25, -0.2) is 13.1 Å². The van der Waals surface area contributed by atoms with Crippen LogP contribution in [0, 0.1) is 0 Å². The molecule has 1 saturated heterocycles. The number of nitrogens with one attached hydrogen (secondary N) is 1. The average molecular weight is 285 g/mol. The molecule has 1 aromatic carbocycles. The maximum atomic E-state index is 12.1. The number of hydrogen-bond donors (Lipinski definition) is 2. The average Bonchev–Trinajstić information content (AvgIpc) is 2.84. The van der Waals surface area contributed by atoms with Crippen LogP contribution in [0.25, 0.3) is 0 Å². The second kappa shape index (κ2) is 5.58. The van der Waals surface area contributed by atoms with Crippen LogP contribution in [0.5, 0.6) is 0 Å². The molecule has 1 aromatic rings. The quantitative estimate of drug-likeness (QED) is 0.847. The van der Waals surface area contributed by atoms with E-state index in [1.54, 1.807) is 12.1 Å². The maximum absolute atomic E-state index is 12.1. The third-order valence-electron chi connectivity index (χ3n) is 3.35. The zero-order chi connectivity index (χ0) is 13.9. The second-order valence-electron chi connectivity index (χ2n) is 5.03. The van der Waals surface area contributed by atoms with Crippen LogP contribution in [-0.4, -0.2) is 32.3 Å². The SMILES string of the molecule is CC1(CNS(=O)(=O)c2ccc(CO)cc2)CCCO1. The summed E-state index contributed by atoms with van der Waals surface area (Å²) in [5.74, 6) is 0. The summed E-state index contributed by atoms with van der Waals surface area (Å²) in [7, 11) is -3.52. The minimum Gasteiger partial charge on any atom is -0.392 e. The molecule has 0 amide bonds. The maximum Gasteiger partial charge on any atom is 0.240 e. The molecule has 0 aliphatic carbocycles. The van der Waals surface area contributed by atoms with Crippen molar-refractivity contribution in [1.82, 2.24) is 4.72 Å². The highest BCUT2D eigenvalue weighted by Crippen LogP contribution is 2.24. The van der Waals surface area contributed by atoms with E-state index in [1.807, 2.05) is 6.92 Å². The number of ether oxygens (including phenoxy) is 1. The van der Waals surface area contributed by atoms with Crippen LogP contribution in [0.3, 0.4) is 0 Å². The van der Waals surface area contributed by atoms with E-state index in [4.69, 9.17) is 9.84 Å². The number of aliphatic hydroxyl groups excluding tert-OH is 1. The Morgan fingerprint density at radius 2 is 2.05 bits per heavy atom. The molecule has 5 nitrogen and oxygen atoms in total. The zero-order valence-corrected chi connectivity index (χ0v) is 11.7. The van der Waals surface area contributed by atoms with Gasteiger partial charge in [-0.15, -0.1) is 0 Å². The van der Waals surface area contributed by atoms with Crippen molar-refractivity contribution in [2.75, 3.05) is 13.2 Å². The van der Waals surface area contributed by atoms with Gasteiger partial charge in [-0.05, 0) is 37.5 Å². The highest BCUT2D eigenvalue weighted by atomic mass is 32.2. The zero-order valence-electron chi connectivity index (χ0n) is 10.9. The van der Waals surface area contributed by atoms with Crippen molar-refractivity contribution in [2.24, 2.45) is 0 Å². The Morgan fingerprint density at radius 3 is 2.58 bits per heavy atom. The van der Waals surface area contributed by atoms with E-state index in [9.17, 15) is 8.42 Å². The number of benzene rings is 1. The van der Waals surface area contributed by atoms with E-state index in [0.29, 0.717) is 12.2 Å². The first kappa shape index (κ1) is 14.5. The lowest BCUT2D eigenvalue weighted by atomic mass is 10.0. The summed E-state index contributed by atoms with van der Waals surface area (Å²) in [6.07, 6.45) is 1.82. The number of rotatable bonds is 5. The van der Waals surface area contributed by atoms with E-state index in [0.717, 1.165) is 12.8 Å². The first-order valence-corrected chi connectivity index (χ1v) is 7.77. The highest BCUT2D eigenvalue weighted by molar-refractivity contribution is 7.89. The third-order valence-corrected chi connectivity index (χ3v) is 4.77. The van der Waals surface area contributed by atoms with Crippen molar-refractivity contribution in [1.29, 1.82) is 0 Å². The van der Waals surface area contributed by atoms with Gasteiger partial charge in [0.15, 0.2) is 0 Å². The van der Waals surface area contributed by atoms with Crippen molar-refractivity contribution in [3.63, 3.8) is 0 Å². The molecule has 0 spiro atoms. The molecular weight excluding hydrogens is 266 g/mol. The van der Waals surface area contributed by atoms with Crippen LogP contribution in [0.4, 0.5) is 0 Å². The summed E-state index contributed by atoms with van der Waals surface area (Å²) in [4.78, 5) is 0.200. The van der Waals surface area contributed by atoms with Crippen LogP contribution < -0.4 is 4.72 Å². The van der Waals surface area contributed by atoms with Crippen molar-refractivity contribution in [3.8, 4) is 0 Å². The summed E-state index contributed by atoms with van der Waals surface area (Å²) in [5, 5.41) is 8.93. The van der Waals surface area contributed by atoms with Gasteiger partial charge < -0.3 is 9.84 Å². The van der Waals surface area contributed by atoms with Crippen molar-refractivity contribution in [2.45, 2.75) is 36.9 Å². The molecule has 1 atom stereocenters. The predicted molar refractivity (Wildman–Crippen MR) is 71.1 cm³/mol. The summed E-state index contributed by atoms with van der Waals surface area (Å²) in [6.45, 7) is 2.78.